The van der Waals surface area contributed by atoms with Gasteiger partial charge in [-0.15, -0.1) is 0 Å². The van der Waals surface area contributed by atoms with Crippen molar-refractivity contribution in [1.82, 2.24) is 9.80 Å². The highest BCUT2D eigenvalue weighted by atomic mass is 19.1. The van der Waals surface area contributed by atoms with Crippen LogP contribution in [-0.4, -0.2) is 49.3 Å². The second kappa shape index (κ2) is 5.62. The summed E-state index contributed by atoms with van der Waals surface area (Å²) < 4.78 is 13.6. The number of hydrogen-bond acceptors (Lipinski definition) is 2. The molecule has 0 unspecified atom stereocenters. The molecule has 4 nitrogen and oxygen atoms in total. The van der Waals surface area contributed by atoms with E-state index in [2.05, 4.69) is 0 Å². The van der Waals surface area contributed by atoms with Gasteiger partial charge in [-0.3, -0.25) is 9.59 Å². The molecule has 0 aliphatic heterocycles. The molecule has 18 heavy (non-hydrogen) atoms. The van der Waals surface area contributed by atoms with Crippen LogP contribution in [0.15, 0.2) is 18.2 Å². The average molecular weight is 252 g/mol. The molecule has 1 rings (SSSR count). The van der Waals surface area contributed by atoms with Crippen molar-refractivity contribution in [2.24, 2.45) is 0 Å². The number of nitrogens with zero attached hydrogens (tertiary/aromatic N) is 2. The van der Waals surface area contributed by atoms with E-state index in [1.165, 1.54) is 29.0 Å². The summed E-state index contributed by atoms with van der Waals surface area (Å²) in [6.07, 6.45) is 0. The molecule has 0 N–H and O–H groups in total. The van der Waals surface area contributed by atoms with Crippen molar-refractivity contribution in [3.8, 4) is 0 Å². The van der Waals surface area contributed by atoms with Gasteiger partial charge in [0.25, 0.3) is 5.91 Å². The lowest BCUT2D eigenvalue weighted by molar-refractivity contribution is -0.129. The first-order chi connectivity index (χ1) is 8.32. The Bertz CT molecular complexity index is 472. The van der Waals surface area contributed by atoms with Crippen LogP contribution < -0.4 is 0 Å². The number of rotatable bonds is 3. The van der Waals surface area contributed by atoms with Gasteiger partial charge in [-0.1, -0.05) is 6.07 Å². The Morgan fingerprint density at radius 1 is 1.22 bits per heavy atom. The van der Waals surface area contributed by atoms with Crippen LogP contribution in [0.4, 0.5) is 4.39 Å². The first kappa shape index (κ1) is 14.2. The molecule has 0 fully saturated rings. The maximum atomic E-state index is 13.6. The van der Waals surface area contributed by atoms with Crippen LogP contribution in [0, 0.1) is 12.7 Å². The van der Waals surface area contributed by atoms with Gasteiger partial charge in [0.05, 0.1) is 12.1 Å². The number of amides is 2. The summed E-state index contributed by atoms with van der Waals surface area (Å²) in [5.41, 5.74) is 0.728. The molecule has 5 heteroatoms. The Hall–Kier alpha value is -1.91. The summed E-state index contributed by atoms with van der Waals surface area (Å²) in [6, 6.07) is 4.40. The number of aryl methyl sites for hydroxylation is 1. The smallest absolute Gasteiger partial charge is 0.257 e. The van der Waals surface area contributed by atoms with Gasteiger partial charge in [0.1, 0.15) is 5.82 Å². The lowest BCUT2D eigenvalue weighted by Gasteiger charge is -2.19. The van der Waals surface area contributed by atoms with Crippen LogP contribution in [-0.2, 0) is 4.79 Å². The van der Waals surface area contributed by atoms with E-state index >= 15 is 0 Å². The molecule has 0 saturated carbocycles. The van der Waals surface area contributed by atoms with Gasteiger partial charge in [0.2, 0.25) is 5.91 Å². The van der Waals surface area contributed by atoms with Crippen LogP contribution in [0.3, 0.4) is 0 Å². The van der Waals surface area contributed by atoms with E-state index < -0.39 is 11.7 Å². The minimum atomic E-state index is -0.566. The molecule has 0 aliphatic rings. The minimum Gasteiger partial charge on any atom is -0.347 e. The van der Waals surface area contributed by atoms with Gasteiger partial charge < -0.3 is 9.80 Å². The van der Waals surface area contributed by atoms with Crippen molar-refractivity contribution in [2.45, 2.75) is 6.92 Å². The molecule has 98 valence electrons. The highest BCUT2D eigenvalue weighted by molar-refractivity contribution is 5.96. The molecule has 1 aromatic rings. The number of halogens is 1. The van der Waals surface area contributed by atoms with Crippen LogP contribution >= 0.6 is 0 Å². The number of benzene rings is 1. The van der Waals surface area contributed by atoms with Crippen LogP contribution in [0.2, 0.25) is 0 Å². The third-order valence-corrected chi connectivity index (χ3v) is 2.57. The highest BCUT2D eigenvalue weighted by Gasteiger charge is 2.18. The van der Waals surface area contributed by atoms with Crippen molar-refractivity contribution in [2.75, 3.05) is 27.7 Å². The SMILES string of the molecule is Cc1ccc(C(=O)N(C)CC(=O)N(C)C)c(F)c1. The van der Waals surface area contributed by atoms with Gasteiger partial charge in [0.15, 0.2) is 0 Å². The summed E-state index contributed by atoms with van der Waals surface area (Å²) in [6.45, 7) is 1.68. The van der Waals surface area contributed by atoms with Gasteiger partial charge in [-0.05, 0) is 24.6 Å². The van der Waals surface area contributed by atoms with E-state index in [1.54, 1.807) is 27.1 Å². The Morgan fingerprint density at radius 3 is 2.33 bits per heavy atom. The average Bonchev–Trinajstić information content (AvgIpc) is 2.27. The minimum absolute atomic E-state index is 0.0188. The quantitative estimate of drug-likeness (QED) is 0.813. The molecule has 2 amide bonds. The second-order valence-corrected chi connectivity index (χ2v) is 4.43. The first-order valence-electron chi connectivity index (χ1n) is 5.54. The summed E-state index contributed by atoms with van der Waals surface area (Å²) in [5.74, 6) is -1.27. The lowest BCUT2D eigenvalue weighted by atomic mass is 10.1. The molecule has 1 aromatic carbocycles. The predicted molar refractivity (Wildman–Crippen MR) is 66.8 cm³/mol. The maximum absolute atomic E-state index is 13.6. The third-order valence-electron chi connectivity index (χ3n) is 2.57. The van der Waals surface area contributed by atoms with Crippen LogP contribution in [0.1, 0.15) is 15.9 Å². The Morgan fingerprint density at radius 2 is 1.83 bits per heavy atom. The summed E-state index contributed by atoms with van der Waals surface area (Å²) in [5, 5.41) is 0. The van der Waals surface area contributed by atoms with Crippen molar-refractivity contribution in [3.63, 3.8) is 0 Å². The fraction of sp³-hybridized carbons (Fsp3) is 0.385. The zero-order chi connectivity index (χ0) is 13.9. The zero-order valence-electron chi connectivity index (χ0n) is 11.0. The number of carbonyl (C=O) groups excluding carboxylic acids is 2. The summed E-state index contributed by atoms with van der Waals surface area (Å²) in [4.78, 5) is 26.0. The zero-order valence-corrected chi connectivity index (χ0v) is 11.0. The van der Waals surface area contributed by atoms with Crippen molar-refractivity contribution in [1.29, 1.82) is 0 Å². The van der Waals surface area contributed by atoms with E-state index in [0.717, 1.165) is 5.56 Å². The summed E-state index contributed by atoms with van der Waals surface area (Å²) in [7, 11) is 4.68. The van der Waals surface area contributed by atoms with E-state index in [-0.39, 0.29) is 18.0 Å². The van der Waals surface area contributed by atoms with E-state index in [9.17, 15) is 14.0 Å². The van der Waals surface area contributed by atoms with E-state index in [4.69, 9.17) is 0 Å². The molecule has 0 heterocycles. The second-order valence-electron chi connectivity index (χ2n) is 4.43. The van der Waals surface area contributed by atoms with Gasteiger partial charge >= 0.3 is 0 Å². The van der Waals surface area contributed by atoms with Crippen LogP contribution in [0.5, 0.6) is 0 Å². The van der Waals surface area contributed by atoms with E-state index in [1.807, 2.05) is 0 Å². The molecular weight excluding hydrogens is 235 g/mol. The molecule has 0 radical (unpaired) electrons. The van der Waals surface area contributed by atoms with Crippen molar-refractivity contribution < 1.29 is 14.0 Å². The Labute approximate surface area is 106 Å². The topological polar surface area (TPSA) is 40.6 Å². The molecule has 0 aliphatic carbocycles. The first-order valence-corrected chi connectivity index (χ1v) is 5.54. The molecule has 0 aromatic heterocycles. The normalized spacial score (nSPS) is 10.1. The van der Waals surface area contributed by atoms with Gasteiger partial charge in [-0.25, -0.2) is 4.39 Å². The monoisotopic (exact) mass is 252 g/mol. The Kier molecular flexibility index (Phi) is 4.42. The van der Waals surface area contributed by atoms with Gasteiger partial charge in [0, 0.05) is 21.1 Å². The Balaban J connectivity index is 2.84. The summed E-state index contributed by atoms with van der Waals surface area (Å²) >= 11 is 0. The van der Waals surface area contributed by atoms with Gasteiger partial charge in [-0.2, -0.15) is 0 Å². The van der Waals surface area contributed by atoms with Crippen molar-refractivity contribution >= 4 is 11.8 Å². The van der Waals surface area contributed by atoms with Crippen molar-refractivity contribution in [3.05, 3.63) is 35.1 Å². The molecule has 0 atom stereocenters. The fourth-order valence-corrected chi connectivity index (χ4v) is 1.42. The molecular formula is C13H17FN2O2. The highest BCUT2D eigenvalue weighted by Crippen LogP contribution is 2.12. The third kappa shape index (κ3) is 3.29. The standard InChI is InChI=1S/C13H17FN2O2/c1-9-5-6-10(11(14)7-9)13(18)16(4)8-12(17)15(2)3/h5-7H,8H2,1-4H3. The number of likely N-dealkylation sites (N-methyl/N-ethyl adjacent to an activating group) is 2. The van der Waals surface area contributed by atoms with Crippen LogP contribution in [0.25, 0.3) is 0 Å². The number of carbonyl (C=O) groups is 2. The molecule has 0 saturated heterocycles. The molecule has 0 spiro atoms. The largest absolute Gasteiger partial charge is 0.347 e. The maximum Gasteiger partial charge on any atom is 0.257 e. The predicted octanol–water partition coefficient (Wildman–Crippen LogP) is 1.29. The molecule has 0 bridgehead atoms. The number of hydrogen-bond donors (Lipinski definition) is 0. The van der Waals surface area contributed by atoms with E-state index in [0.29, 0.717) is 0 Å². The lowest BCUT2D eigenvalue weighted by Crippen LogP contribution is -2.38. The fourth-order valence-electron chi connectivity index (χ4n) is 1.42.